The zero-order chi connectivity index (χ0) is 12.5. The van der Waals surface area contributed by atoms with Gasteiger partial charge in [0.1, 0.15) is 12.4 Å². The third kappa shape index (κ3) is 5.22. The number of aryl methyl sites for hydroxylation is 1. The Morgan fingerprint density at radius 1 is 1.06 bits per heavy atom. The monoisotopic (exact) mass is 235 g/mol. The Balaban J connectivity index is 0.000000686. The fourth-order valence-electron chi connectivity index (χ4n) is 1.93. The standard InChI is InChI=1S/C13H19NO.C2H6/c1-12-4-6-13(7-5-12)15-11-10-14-8-2-3-9-14;1-2/h4-7H,2-3,8-11H2,1H3;1-2H3. The quantitative estimate of drug-likeness (QED) is 0.792. The van der Waals surface area contributed by atoms with E-state index in [1.807, 2.05) is 26.0 Å². The minimum atomic E-state index is 0.809. The second-order valence-electron chi connectivity index (χ2n) is 4.21. The molecule has 1 fully saturated rings. The third-order valence-electron chi connectivity index (χ3n) is 2.90. The van der Waals surface area contributed by atoms with Crippen molar-refractivity contribution in [2.45, 2.75) is 33.6 Å². The lowest BCUT2D eigenvalue weighted by molar-refractivity contribution is 0.238. The molecule has 1 aromatic rings. The topological polar surface area (TPSA) is 12.5 Å². The molecule has 2 nitrogen and oxygen atoms in total. The van der Waals surface area contributed by atoms with Gasteiger partial charge in [0.25, 0.3) is 0 Å². The predicted octanol–water partition coefficient (Wildman–Crippen LogP) is 3.50. The normalized spacial score (nSPS) is 15.2. The van der Waals surface area contributed by atoms with Crippen LogP contribution in [0.1, 0.15) is 32.3 Å². The molecule has 0 bridgehead atoms. The summed E-state index contributed by atoms with van der Waals surface area (Å²) < 4.78 is 5.68. The van der Waals surface area contributed by atoms with Gasteiger partial charge < -0.3 is 4.74 Å². The molecule has 0 aromatic heterocycles. The number of ether oxygens (including phenoxy) is 1. The Morgan fingerprint density at radius 3 is 2.24 bits per heavy atom. The molecule has 1 saturated heterocycles. The minimum Gasteiger partial charge on any atom is -0.492 e. The summed E-state index contributed by atoms with van der Waals surface area (Å²) >= 11 is 0. The molecule has 1 heterocycles. The fourth-order valence-corrected chi connectivity index (χ4v) is 1.93. The average Bonchev–Trinajstić information content (AvgIpc) is 2.87. The van der Waals surface area contributed by atoms with Gasteiger partial charge >= 0.3 is 0 Å². The molecule has 1 aliphatic heterocycles. The third-order valence-corrected chi connectivity index (χ3v) is 2.90. The summed E-state index contributed by atoms with van der Waals surface area (Å²) in [4.78, 5) is 2.47. The van der Waals surface area contributed by atoms with Crippen LogP contribution in [0.3, 0.4) is 0 Å². The van der Waals surface area contributed by atoms with E-state index in [4.69, 9.17) is 4.74 Å². The second kappa shape index (κ2) is 8.13. The van der Waals surface area contributed by atoms with Crippen LogP contribution >= 0.6 is 0 Å². The first kappa shape index (κ1) is 14.0. The summed E-state index contributed by atoms with van der Waals surface area (Å²) in [5.41, 5.74) is 1.28. The van der Waals surface area contributed by atoms with Crippen LogP contribution in [0.5, 0.6) is 5.75 Å². The van der Waals surface area contributed by atoms with Crippen molar-refractivity contribution < 1.29 is 4.74 Å². The molecule has 17 heavy (non-hydrogen) atoms. The molecule has 0 aliphatic carbocycles. The maximum absolute atomic E-state index is 5.68. The number of benzene rings is 1. The van der Waals surface area contributed by atoms with Gasteiger partial charge in [0.2, 0.25) is 0 Å². The molecule has 2 rings (SSSR count). The fraction of sp³-hybridized carbons (Fsp3) is 0.600. The van der Waals surface area contributed by atoms with Crippen molar-refractivity contribution in [2.75, 3.05) is 26.2 Å². The average molecular weight is 235 g/mol. The highest BCUT2D eigenvalue weighted by Gasteiger charge is 2.10. The number of likely N-dealkylation sites (tertiary alicyclic amines) is 1. The van der Waals surface area contributed by atoms with E-state index in [0.29, 0.717) is 0 Å². The summed E-state index contributed by atoms with van der Waals surface area (Å²) in [6.07, 6.45) is 2.70. The first-order chi connectivity index (χ1) is 8.34. The van der Waals surface area contributed by atoms with Crippen molar-refractivity contribution >= 4 is 0 Å². The lowest BCUT2D eigenvalue weighted by Gasteiger charge is -2.14. The lowest BCUT2D eigenvalue weighted by Crippen LogP contribution is -2.25. The highest BCUT2D eigenvalue weighted by atomic mass is 16.5. The number of rotatable bonds is 4. The summed E-state index contributed by atoms with van der Waals surface area (Å²) in [7, 11) is 0. The maximum atomic E-state index is 5.68. The van der Waals surface area contributed by atoms with Crippen LogP contribution < -0.4 is 4.74 Å². The Bertz CT molecular complexity index is 288. The molecule has 1 aromatic carbocycles. The van der Waals surface area contributed by atoms with Crippen molar-refractivity contribution in [3.8, 4) is 5.75 Å². The van der Waals surface area contributed by atoms with Crippen molar-refractivity contribution in [3.63, 3.8) is 0 Å². The molecule has 0 N–H and O–H groups in total. The predicted molar refractivity (Wildman–Crippen MR) is 73.7 cm³/mol. The van der Waals surface area contributed by atoms with Crippen molar-refractivity contribution in [3.05, 3.63) is 29.8 Å². The molecule has 1 aliphatic rings. The summed E-state index contributed by atoms with van der Waals surface area (Å²) in [5.74, 6) is 0.986. The van der Waals surface area contributed by atoms with E-state index in [1.165, 1.54) is 31.5 Å². The Kier molecular flexibility index (Phi) is 6.71. The maximum Gasteiger partial charge on any atom is 0.119 e. The number of hydrogen-bond acceptors (Lipinski definition) is 2. The van der Waals surface area contributed by atoms with Gasteiger partial charge in [-0.25, -0.2) is 0 Å². The van der Waals surface area contributed by atoms with Gasteiger partial charge in [0.15, 0.2) is 0 Å². The van der Waals surface area contributed by atoms with E-state index in [2.05, 4.69) is 24.0 Å². The van der Waals surface area contributed by atoms with Gasteiger partial charge in [0, 0.05) is 6.54 Å². The molecule has 2 heteroatoms. The zero-order valence-corrected chi connectivity index (χ0v) is 11.4. The van der Waals surface area contributed by atoms with E-state index < -0.39 is 0 Å². The lowest BCUT2D eigenvalue weighted by atomic mass is 10.2. The summed E-state index contributed by atoms with van der Waals surface area (Å²) in [5, 5.41) is 0. The van der Waals surface area contributed by atoms with Crippen LogP contribution in [0, 0.1) is 6.92 Å². The van der Waals surface area contributed by atoms with E-state index in [0.717, 1.165) is 18.9 Å². The van der Waals surface area contributed by atoms with Gasteiger partial charge in [-0.3, -0.25) is 4.90 Å². The molecule has 0 unspecified atom stereocenters. The molecule has 0 radical (unpaired) electrons. The van der Waals surface area contributed by atoms with E-state index in [-0.39, 0.29) is 0 Å². The summed E-state index contributed by atoms with van der Waals surface area (Å²) in [6, 6.07) is 8.26. The highest BCUT2D eigenvalue weighted by Crippen LogP contribution is 2.12. The Morgan fingerprint density at radius 2 is 1.65 bits per heavy atom. The molecule has 0 saturated carbocycles. The molecule has 0 spiro atoms. The first-order valence-electron chi connectivity index (χ1n) is 6.76. The van der Waals surface area contributed by atoms with Gasteiger partial charge in [-0.05, 0) is 45.0 Å². The molecular weight excluding hydrogens is 210 g/mol. The van der Waals surface area contributed by atoms with Crippen molar-refractivity contribution in [1.29, 1.82) is 0 Å². The minimum absolute atomic E-state index is 0.809. The summed E-state index contributed by atoms with van der Waals surface area (Å²) in [6.45, 7) is 10.5. The number of hydrogen-bond donors (Lipinski definition) is 0. The Labute approximate surface area is 106 Å². The van der Waals surface area contributed by atoms with Gasteiger partial charge in [-0.15, -0.1) is 0 Å². The van der Waals surface area contributed by atoms with Crippen LogP contribution in [-0.2, 0) is 0 Å². The van der Waals surface area contributed by atoms with Gasteiger partial charge in [0.05, 0.1) is 0 Å². The largest absolute Gasteiger partial charge is 0.492 e. The van der Waals surface area contributed by atoms with E-state index >= 15 is 0 Å². The molecule has 0 amide bonds. The second-order valence-corrected chi connectivity index (χ2v) is 4.21. The van der Waals surface area contributed by atoms with Crippen LogP contribution in [0.2, 0.25) is 0 Å². The SMILES string of the molecule is CC.Cc1ccc(OCCN2CCCC2)cc1. The Hall–Kier alpha value is -1.02. The zero-order valence-electron chi connectivity index (χ0n) is 11.4. The first-order valence-corrected chi connectivity index (χ1v) is 6.76. The van der Waals surface area contributed by atoms with Crippen LogP contribution in [0.15, 0.2) is 24.3 Å². The van der Waals surface area contributed by atoms with Crippen LogP contribution in [0.4, 0.5) is 0 Å². The van der Waals surface area contributed by atoms with Gasteiger partial charge in [-0.1, -0.05) is 31.5 Å². The van der Waals surface area contributed by atoms with Crippen LogP contribution in [-0.4, -0.2) is 31.1 Å². The van der Waals surface area contributed by atoms with Gasteiger partial charge in [-0.2, -0.15) is 0 Å². The van der Waals surface area contributed by atoms with E-state index in [9.17, 15) is 0 Å². The smallest absolute Gasteiger partial charge is 0.119 e. The number of nitrogens with zero attached hydrogens (tertiary/aromatic N) is 1. The highest BCUT2D eigenvalue weighted by molar-refractivity contribution is 5.26. The molecule has 96 valence electrons. The molecule has 0 atom stereocenters. The molecular formula is C15H25NO. The van der Waals surface area contributed by atoms with Crippen molar-refractivity contribution in [1.82, 2.24) is 4.90 Å². The van der Waals surface area contributed by atoms with Crippen molar-refractivity contribution in [2.24, 2.45) is 0 Å². The van der Waals surface area contributed by atoms with E-state index in [1.54, 1.807) is 0 Å². The van der Waals surface area contributed by atoms with Crippen LogP contribution in [0.25, 0.3) is 0 Å².